The van der Waals surface area contributed by atoms with E-state index in [2.05, 4.69) is 20.5 Å². The lowest BCUT2D eigenvalue weighted by Crippen LogP contribution is -2.58. The fraction of sp³-hybridized carbons (Fsp3) is 0.421. The molecule has 2 N–H and O–H groups in total. The van der Waals surface area contributed by atoms with E-state index in [0.29, 0.717) is 28.2 Å². The Morgan fingerprint density at radius 3 is 3.04 bits per heavy atom. The number of fused-ring (bicyclic) bond motifs is 2. The van der Waals surface area contributed by atoms with Gasteiger partial charge in [-0.3, -0.25) is 0 Å². The number of piperidine rings is 2. The molecule has 146 valence electrons. The zero-order valence-electron chi connectivity index (χ0n) is 15.0. The first-order chi connectivity index (χ1) is 13.7. The summed E-state index contributed by atoms with van der Waals surface area (Å²) >= 11 is 1.22. The second-order valence-electron chi connectivity index (χ2n) is 7.28. The third-order valence-corrected chi connectivity index (χ3v) is 6.29. The Morgan fingerprint density at radius 1 is 1.29 bits per heavy atom. The molecule has 0 spiro atoms. The van der Waals surface area contributed by atoms with Gasteiger partial charge in [0.1, 0.15) is 11.9 Å². The molecular formula is C19H20FN5O2S. The van der Waals surface area contributed by atoms with Crippen LogP contribution in [0.25, 0.3) is 16.3 Å². The number of nitrogens with zero attached hydrogens (tertiary/aromatic N) is 4. The largest absolute Gasteiger partial charge is 0.507 e. The average Bonchev–Trinajstić information content (AvgIpc) is 3.38. The molecule has 2 unspecified atom stereocenters. The Hall–Kier alpha value is -2.52. The average molecular weight is 401 g/mol. The molecule has 1 aromatic carbocycles. The van der Waals surface area contributed by atoms with Crippen LogP contribution in [-0.2, 0) is 0 Å². The maximum absolute atomic E-state index is 14.7. The Morgan fingerprint density at radius 2 is 2.21 bits per heavy atom. The number of halogens is 1. The lowest BCUT2D eigenvalue weighted by molar-refractivity contribution is 0.00888. The number of rotatable bonds is 4. The summed E-state index contributed by atoms with van der Waals surface area (Å²) in [6.07, 6.45) is 7.18. The van der Waals surface area contributed by atoms with Gasteiger partial charge in [0.25, 0.3) is 5.19 Å². The maximum atomic E-state index is 14.7. The van der Waals surface area contributed by atoms with Gasteiger partial charge in [-0.05, 0) is 25.0 Å². The lowest BCUT2D eigenvalue weighted by atomic mass is 9.84. The first-order valence-electron chi connectivity index (χ1n) is 9.39. The molecule has 2 aromatic heterocycles. The predicted molar refractivity (Wildman–Crippen MR) is 103 cm³/mol. The van der Waals surface area contributed by atoms with Crippen LogP contribution in [0.4, 0.5) is 4.39 Å². The van der Waals surface area contributed by atoms with Crippen molar-refractivity contribution in [1.82, 2.24) is 25.1 Å². The Balaban J connectivity index is 1.34. The summed E-state index contributed by atoms with van der Waals surface area (Å²) in [5.74, 6) is 0.0914. The highest BCUT2D eigenvalue weighted by molar-refractivity contribution is 7.16. The molecule has 9 heteroatoms. The number of nitrogens with one attached hydrogen (secondary N) is 1. The quantitative estimate of drug-likeness (QED) is 0.699. The van der Waals surface area contributed by atoms with Gasteiger partial charge in [-0.25, -0.2) is 9.37 Å². The minimum Gasteiger partial charge on any atom is -0.507 e. The zero-order valence-corrected chi connectivity index (χ0v) is 15.8. The number of benzene rings is 1. The normalized spacial score (nSPS) is 26.9. The number of hydrogen-bond acceptors (Lipinski definition) is 7. The second kappa shape index (κ2) is 7.14. The first-order valence-corrected chi connectivity index (χ1v) is 10.2. The van der Waals surface area contributed by atoms with Crippen molar-refractivity contribution >= 4 is 11.3 Å². The number of aromatic nitrogens is 4. The second-order valence-corrected chi connectivity index (χ2v) is 8.22. The highest BCUT2D eigenvalue weighted by Crippen LogP contribution is 2.37. The van der Waals surface area contributed by atoms with Gasteiger partial charge in [-0.15, -0.1) is 5.10 Å². The molecule has 2 bridgehead atoms. The van der Waals surface area contributed by atoms with Crippen molar-refractivity contribution in [3.63, 3.8) is 0 Å². The van der Waals surface area contributed by atoms with Gasteiger partial charge < -0.3 is 19.7 Å². The van der Waals surface area contributed by atoms with Crippen LogP contribution >= 0.6 is 11.3 Å². The van der Waals surface area contributed by atoms with Crippen molar-refractivity contribution in [2.24, 2.45) is 0 Å². The SMILES string of the molecule is Oc1cc(-n2ccnc2)ccc1-c1nnc(O[C@H]2CC3CCCC(N3)[C@@H]2F)s1. The Kier molecular flexibility index (Phi) is 4.48. The van der Waals surface area contributed by atoms with Crippen molar-refractivity contribution in [3.05, 3.63) is 36.9 Å². The molecule has 2 saturated heterocycles. The van der Waals surface area contributed by atoms with Gasteiger partial charge in [-0.1, -0.05) is 22.9 Å². The topological polar surface area (TPSA) is 85.1 Å². The van der Waals surface area contributed by atoms with Crippen LogP contribution < -0.4 is 10.1 Å². The van der Waals surface area contributed by atoms with Crippen molar-refractivity contribution in [3.8, 4) is 27.2 Å². The molecule has 4 heterocycles. The molecule has 2 fully saturated rings. The van der Waals surface area contributed by atoms with Crippen LogP contribution in [0.1, 0.15) is 25.7 Å². The molecule has 3 aromatic rings. The number of phenolic OH excluding ortho intramolecular Hbond substituents is 1. The van der Waals surface area contributed by atoms with E-state index >= 15 is 0 Å². The van der Waals surface area contributed by atoms with Gasteiger partial charge in [0.2, 0.25) is 0 Å². The first kappa shape index (κ1) is 17.6. The molecular weight excluding hydrogens is 381 g/mol. The minimum absolute atomic E-state index is 0.0914. The van der Waals surface area contributed by atoms with E-state index in [0.717, 1.165) is 24.9 Å². The van der Waals surface area contributed by atoms with Gasteiger partial charge >= 0.3 is 0 Å². The standard InChI is InChI=1S/C19H20FN5O2S/c20-17-14-3-1-2-11(22-14)8-16(17)27-19-24-23-18(28-19)13-5-4-12(9-15(13)26)25-7-6-21-10-25/h4-7,9-11,14,16-17,22,26H,1-3,8H2/t11?,14?,16-,17-/m0/s1. The summed E-state index contributed by atoms with van der Waals surface area (Å²) < 4.78 is 22.4. The highest BCUT2D eigenvalue weighted by atomic mass is 32.1. The van der Waals surface area contributed by atoms with Gasteiger partial charge in [-0.2, -0.15) is 0 Å². The van der Waals surface area contributed by atoms with Crippen LogP contribution in [0.5, 0.6) is 10.9 Å². The fourth-order valence-corrected chi connectivity index (χ4v) is 4.83. The summed E-state index contributed by atoms with van der Waals surface area (Å²) in [5, 5.41) is 22.8. The Bertz CT molecular complexity index is 963. The van der Waals surface area contributed by atoms with Crippen LogP contribution in [-0.4, -0.2) is 49.2 Å². The third kappa shape index (κ3) is 3.24. The van der Waals surface area contributed by atoms with Crippen molar-refractivity contribution < 1.29 is 14.2 Å². The molecule has 2 aliphatic heterocycles. The molecule has 5 rings (SSSR count). The Labute approximate surface area is 165 Å². The van der Waals surface area contributed by atoms with Crippen LogP contribution in [0.3, 0.4) is 0 Å². The van der Waals surface area contributed by atoms with Crippen molar-refractivity contribution in [1.29, 1.82) is 0 Å². The van der Waals surface area contributed by atoms with E-state index in [4.69, 9.17) is 4.74 Å². The zero-order chi connectivity index (χ0) is 19.1. The van der Waals surface area contributed by atoms with Crippen molar-refractivity contribution in [2.75, 3.05) is 0 Å². The summed E-state index contributed by atoms with van der Waals surface area (Å²) in [6.45, 7) is 0. The molecule has 28 heavy (non-hydrogen) atoms. The minimum atomic E-state index is -1.05. The summed E-state index contributed by atoms with van der Waals surface area (Å²) in [7, 11) is 0. The van der Waals surface area contributed by atoms with E-state index in [-0.39, 0.29) is 11.8 Å². The van der Waals surface area contributed by atoms with E-state index in [9.17, 15) is 9.50 Å². The van der Waals surface area contributed by atoms with Crippen LogP contribution in [0, 0.1) is 0 Å². The molecule has 0 radical (unpaired) electrons. The van der Waals surface area contributed by atoms with E-state index in [1.165, 1.54) is 11.3 Å². The number of alkyl halides is 1. The summed E-state index contributed by atoms with van der Waals surface area (Å²) in [4.78, 5) is 4.00. The van der Waals surface area contributed by atoms with Gasteiger partial charge in [0.05, 0.1) is 17.6 Å². The van der Waals surface area contributed by atoms with E-state index < -0.39 is 12.3 Å². The van der Waals surface area contributed by atoms with E-state index in [1.54, 1.807) is 35.4 Å². The predicted octanol–water partition coefficient (Wildman–Crippen LogP) is 3.10. The number of hydrogen-bond donors (Lipinski definition) is 2. The molecule has 4 atom stereocenters. The number of aromatic hydroxyl groups is 1. The smallest absolute Gasteiger partial charge is 0.294 e. The molecule has 2 aliphatic rings. The monoisotopic (exact) mass is 401 g/mol. The van der Waals surface area contributed by atoms with Crippen molar-refractivity contribution in [2.45, 2.75) is 50.0 Å². The van der Waals surface area contributed by atoms with E-state index in [1.807, 2.05) is 6.07 Å². The lowest BCUT2D eigenvalue weighted by Gasteiger charge is -2.42. The highest BCUT2D eigenvalue weighted by Gasteiger charge is 2.41. The summed E-state index contributed by atoms with van der Waals surface area (Å²) in [6, 6.07) is 5.46. The third-order valence-electron chi connectivity index (χ3n) is 5.45. The maximum Gasteiger partial charge on any atom is 0.294 e. The van der Waals surface area contributed by atoms with Gasteiger partial charge in [0.15, 0.2) is 11.2 Å². The summed E-state index contributed by atoms with van der Waals surface area (Å²) in [5.41, 5.74) is 1.36. The number of phenols is 1. The molecule has 0 aliphatic carbocycles. The molecule has 0 saturated carbocycles. The fourth-order valence-electron chi connectivity index (χ4n) is 4.04. The number of imidazole rings is 1. The number of ether oxygens (including phenoxy) is 1. The van der Waals surface area contributed by atoms with Gasteiger partial charge in [0, 0.05) is 37.0 Å². The molecule has 0 amide bonds. The molecule has 7 nitrogen and oxygen atoms in total. The van der Waals surface area contributed by atoms with Crippen LogP contribution in [0.15, 0.2) is 36.9 Å². The van der Waals surface area contributed by atoms with Crippen LogP contribution in [0.2, 0.25) is 0 Å².